The molecular weight excluding hydrogens is 933 g/mol. The minimum absolute atomic E-state index is 0.572. The molecule has 350 valence electrons. The zero-order valence-corrected chi connectivity index (χ0v) is 41.2. The van der Waals surface area contributed by atoms with E-state index in [-0.39, 0.29) is 0 Å². The van der Waals surface area contributed by atoms with Crippen LogP contribution in [-0.2, 0) is 0 Å². The van der Waals surface area contributed by atoms with E-state index in [9.17, 15) is 0 Å². The summed E-state index contributed by atoms with van der Waals surface area (Å²) in [4.78, 5) is 15.8. The third-order valence-corrected chi connectivity index (χ3v) is 15.8. The molecule has 0 radical (unpaired) electrons. The highest BCUT2D eigenvalue weighted by molar-refractivity contribution is 7.26. The SMILES string of the molecule is c1ccc(-c2cc(-c3ccccc3)cc(-c3cccc(-c4nc(-c5ccccc5)nc(-c5cccc6oc7ccc(-c8ccc9c(c8)c8ccccc8n9-c8cccc9c8sc8ccccc89)cc7c56)n4)c3)c2)cc1. The van der Waals surface area contributed by atoms with Crippen molar-refractivity contribution >= 4 is 75.3 Å². The second-order valence-electron chi connectivity index (χ2n) is 19.1. The molecule has 6 heteroatoms. The summed E-state index contributed by atoms with van der Waals surface area (Å²) < 4.78 is 11.7. The summed E-state index contributed by atoms with van der Waals surface area (Å²) in [5.74, 6) is 1.76. The van der Waals surface area contributed by atoms with Crippen molar-refractivity contribution in [2.24, 2.45) is 0 Å². The Morgan fingerprint density at radius 1 is 0.307 bits per heavy atom. The van der Waals surface area contributed by atoms with Gasteiger partial charge in [-0.05, 0) is 117 Å². The van der Waals surface area contributed by atoms with Gasteiger partial charge in [0, 0.05) is 53.7 Å². The lowest BCUT2D eigenvalue weighted by atomic mass is 9.93. The van der Waals surface area contributed by atoms with Crippen molar-refractivity contribution in [1.82, 2.24) is 19.5 Å². The predicted molar refractivity (Wildman–Crippen MR) is 312 cm³/mol. The summed E-state index contributed by atoms with van der Waals surface area (Å²) >= 11 is 1.86. The lowest BCUT2D eigenvalue weighted by Crippen LogP contribution is -2.00. The Kier molecular flexibility index (Phi) is 10.00. The molecule has 0 saturated carbocycles. The highest BCUT2D eigenvalue weighted by atomic mass is 32.1. The normalized spacial score (nSPS) is 11.7. The maximum atomic E-state index is 6.65. The molecule has 11 aromatic carbocycles. The molecule has 75 heavy (non-hydrogen) atoms. The summed E-state index contributed by atoms with van der Waals surface area (Å²) in [6.45, 7) is 0. The van der Waals surface area contributed by atoms with E-state index in [0.29, 0.717) is 17.5 Å². The number of furan rings is 1. The van der Waals surface area contributed by atoms with Crippen molar-refractivity contribution < 1.29 is 4.42 Å². The quantitative estimate of drug-likeness (QED) is 0.152. The molecule has 4 heterocycles. The van der Waals surface area contributed by atoms with Crippen LogP contribution in [-0.4, -0.2) is 19.5 Å². The van der Waals surface area contributed by atoms with Crippen LogP contribution in [0.5, 0.6) is 0 Å². The van der Waals surface area contributed by atoms with Crippen LogP contribution >= 0.6 is 11.3 Å². The van der Waals surface area contributed by atoms with Crippen molar-refractivity contribution in [1.29, 1.82) is 0 Å². The number of benzene rings is 11. The molecule has 0 N–H and O–H groups in total. The van der Waals surface area contributed by atoms with Gasteiger partial charge in [0.25, 0.3) is 0 Å². The molecule has 0 aliphatic heterocycles. The topological polar surface area (TPSA) is 56.7 Å². The van der Waals surface area contributed by atoms with Gasteiger partial charge in [-0.3, -0.25) is 0 Å². The van der Waals surface area contributed by atoms with E-state index in [1.807, 2.05) is 41.7 Å². The van der Waals surface area contributed by atoms with Crippen LogP contribution in [0.3, 0.4) is 0 Å². The number of hydrogen-bond acceptors (Lipinski definition) is 5. The van der Waals surface area contributed by atoms with E-state index >= 15 is 0 Å². The number of thiophene rings is 1. The highest BCUT2D eigenvalue weighted by Crippen LogP contribution is 2.44. The molecule has 0 unspecified atom stereocenters. The Labute approximate surface area is 435 Å². The molecule has 0 bridgehead atoms. The molecule has 0 atom stereocenters. The maximum Gasteiger partial charge on any atom is 0.164 e. The van der Waals surface area contributed by atoms with Crippen LogP contribution in [0.15, 0.2) is 259 Å². The van der Waals surface area contributed by atoms with Gasteiger partial charge in [-0.1, -0.05) is 182 Å². The largest absolute Gasteiger partial charge is 0.456 e. The Hall–Kier alpha value is -9.75. The fourth-order valence-corrected chi connectivity index (χ4v) is 12.3. The predicted octanol–water partition coefficient (Wildman–Crippen LogP) is 18.9. The molecule has 0 aliphatic carbocycles. The highest BCUT2D eigenvalue weighted by Gasteiger charge is 2.21. The number of rotatable bonds is 8. The molecule has 15 rings (SSSR count). The molecule has 0 spiro atoms. The van der Waals surface area contributed by atoms with Gasteiger partial charge in [-0.15, -0.1) is 11.3 Å². The monoisotopic (exact) mass is 974 g/mol. The minimum atomic E-state index is 0.572. The Morgan fingerprint density at radius 2 is 0.827 bits per heavy atom. The Balaban J connectivity index is 0.863. The number of hydrogen-bond donors (Lipinski definition) is 0. The van der Waals surface area contributed by atoms with Crippen LogP contribution in [0.4, 0.5) is 0 Å². The van der Waals surface area contributed by atoms with Gasteiger partial charge in [0.15, 0.2) is 17.5 Å². The fraction of sp³-hybridized carbons (Fsp3) is 0. The molecule has 0 aliphatic rings. The first kappa shape index (κ1) is 42.9. The first-order chi connectivity index (χ1) is 37.1. The Bertz CT molecular complexity index is 4650. The van der Waals surface area contributed by atoms with Crippen LogP contribution in [0, 0.1) is 0 Å². The lowest BCUT2D eigenvalue weighted by molar-refractivity contribution is 0.669. The summed E-state index contributed by atoms with van der Waals surface area (Å²) in [5, 5.41) is 6.95. The van der Waals surface area contributed by atoms with E-state index in [0.717, 1.165) is 83.1 Å². The molecule has 5 nitrogen and oxygen atoms in total. The second-order valence-corrected chi connectivity index (χ2v) is 20.2. The minimum Gasteiger partial charge on any atom is -0.456 e. The van der Waals surface area contributed by atoms with Crippen LogP contribution in [0.2, 0.25) is 0 Å². The number of para-hydroxylation sites is 1. The third-order valence-electron chi connectivity index (χ3n) is 14.6. The van der Waals surface area contributed by atoms with Crippen molar-refractivity contribution in [3.8, 4) is 84.4 Å². The van der Waals surface area contributed by atoms with Gasteiger partial charge in [-0.2, -0.15) is 0 Å². The third kappa shape index (κ3) is 7.33. The molecule has 4 aromatic heterocycles. The van der Waals surface area contributed by atoms with Crippen molar-refractivity contribution in [2.45, 2.75) is 0 Å². The molecule has 0 saturated heterocycles. The lowest BCUT2D eigenvalue weighted by Gasteiger charge is -2.13. The summed E-state index contributed by atoms with van der Waals surface area (Å²) in [5.41, 5.74) is 16.8. The first-order valence-corrected chi connectivity index (χ1v) is 26.0. The van der Waals surface area contributed by atoms with Gasteiger partial charge in [-0.25, -0.2) is 15.0 Å². The summed E-state index contributed by atoms with van der Waals surface area (Å²) in [6.07, 6.45) is 0. The fourth-order valence-electron chi connectivity index (χ4n) is 11.1. The van der Waals surface area contributed by atoms with Gasteiger partial charge < -0.3 is 8.98 Å². The molecular formula is C69H42N4OS. The molecule has 0 fully saturated rings. The van der Waals surface area contributed by atoms with Crippen molar-refractivity contribution in [3.63, 3.8) is 0 Å². The van der Waals surface area contributed by atoms with E-state index in [1.165, 1.54) is 47.7 Å². The van der Waals surface area contributed by atoms with Crippen LogP contribution < -0.4 is 0 Å². The average molecular weight is 975 g/mol. The van der Waals surface area contributed by atoms with Gasteiger partial charge in [0.1, 0.15) is 11.2 Å². The standard InChI is InChI=1S/C69H42N4OS/c1-4-17-43(18-5-1)50-38-51(44-19-6-2-7-20-44)40-52(39-50)46-23-14-24-49(37-46)68-70-67(45-21-8-3-9-22-45)71-69(72-68)56-28-16-31-63-65(56)58-42-48(34-36-62(58)74-63)47-33-35-60-57(41-47)53-25-10-12-29-59(53)73(60)61-30-15-27-55-54-26-11-13-32-64(54)75-66(55)61/h1-42H. The maximum absolute atomic E-state index is 6.65. The number of nitrogens with zero attached hydrogens (tertiary/aromatic N) is 4. The zero-order valence-electron chi connectivity index (χ0n) is 40.4. The Morgan fingerprint density at radius 3 is 1.59 bits per heavy atom. The van der Waals surface area contributed by atoms with E-state index in [1.54, 1.807) is 0 Å². The smallest absolute Gasteiger partial charge is 0.164 e. The van der Waals surface area contributed by atoms with E-state index < -0.39 is 0 Å². The van der Waals surface area contributed by atoms with Crippen molar-refractivity contribution in [3.05, 3.63) is 255 Å². The zero-order chi connectivity index (χ0) is 49.4. The van der Waals surface area contributed by atoms with Gasteiger partial charge >= 0.3 is 0 Å². The van der Waals surface area contributed by atoms with E-state index in [4.69, 9.17) is 19.4 Å². The second kappa shape index (κ2) is 17.5. The number of fused-ring (bicyclic) bond motifs is 9. The van der Waals surface area contributed by atoms with Gasteiger partial charge in [0.2, 0.25) is 0 Å². The molecule has 0 amide bonds. The van der Waals surface area contributed by atoms with Crippen LogP contribution in [0.25, 0.3) is 148 Å². The van der Waals surface area contributed by atoms with Crippen molar-refractivity contribution in [2.75, 3.05) is 0 Å². The molecule has 15 aromatic rings. The average Bonchev–Trinajstić information content (AvgIpc) is 4.18. The van der Waals surface area contributed by atoms with Crippen LogP contribution in [0.1, 0.15) is 0 Å². The number of aromatic nitrogens is 4. The first-order valence-electron chi connectivity index (χ1n) is 25.2. The van der Waals surface area contributed by atoms with E-state index in [2.05, 4.69) is 229 Å². The van der Waals surface area contributed by atoms with Gasteiger partial charge in [0.05, 0.1) is 21.4 Å². The summed E-state index contributed by atoms with van der Waals surface area (Å²) in [7, 11) is 0. The summed E-state index contributed by atoms with van der Waals surface area (Å²) in [6, 6.07) is 90.5.